The molecule has 3 aromatic rings. The molecule has 0 saturated carbocycles. The topological polar surface area (TPSA) is 55.6 Å². The van der Waals surface area contributed by atoms with Gasteiger partial charge in [-0.05, 0) is 36.8 Å². The maximum absolute atomic E-state index is 12.7. The van der Waals surface area contributed by atoms with Crippen molar-refractivity contribution >= 4 is 28.8 Å². The number of aryl methyl sites for hydroxylation is 1. The minimum absolute atomic E-state index is 0.221. The second-order valence-electron chi connectivity index (χ2n) is 4.99. The van der Waals surface area contributed by atoms with Crippen LogP contribution in [0.2, 0.25) is 5.02 Å². The summed E-state index contributed by atoms with van der Waals surface area (Å²) in [5.41, 5.74) is 2.65. The molecule has 0 aliphatic heterocycles. The molecule has 1 aromatic carbocycles. The van der Waals surface area contributed by atoms with Crippen LogP contribution in [0.15, 0.2) is 42.6 Å². The molecular formula is C17H16ClN3O2. The molecule has 5 nitrogen and oxygen atoms in total. The van der Waals surface area contributed by atoms with Gasteiger partial charge in [-0.3, -0.25) is 9.20 Å². The lowest BCUT2D eigenvalue weighted by Crippen LogP contribution is -2.16. The number of benzene rings is 1. The fraction of sp³-hybridized carbons (Fsp3) is 0.176. The number of halogens is 1. The van der Waals surface area contributed by atoms with Crippen LogP contribution in [0, 0.1) is 0 Å². The number of methoxy groups -OCH3 is 1. The Morgan fingerprint density at radius 1 is 1.35 bits per heavy atom. The molecule has 23 heavy (non-hydrogen) atoms. The van der Waals surface area contributed by atoms with Gasteiger partial charge in [0.15, 0.2) is 0 Å². The number of hydrogen-bond donors (Lipinski definition) is 1. The van der Waals surface area contributed by atoms with Crippen molar-refractivity contribution in [1.29, 1.82) is 0 Å². The predicted molar refractivity (Wildman–Crippen MR) is 90.5 cm³/mol. The summed E-state index contributed by atoms with van der Waals surface area (Å²) < 4.78 is 6.90. The summed E-state index contributed by atoms with van der Waals surface area (Å²) in [5, 5.41) is 3.31. The number of carbonyl (C=O) groups is 1. The Kier molecular flexibility index (Phi) is 4.21. The number of nitrogens with zero attached hydrogens (tertiary/aromatic N) is 2. The Hall–Kier alpha value is -2.53. The molecule has 0 fully saturated rings. The number of amides is 1. The Labute approximate surface area is 138 Å². The second-order valence-corrected chi connectivity index (χ2v) is 5.40. The van der Waals surface area contributed by atoms with E-state index in [0.717, 1.165) is 11.3 Å². The van der Waals surface area contributed by atoms with Crippen molar-refractivity contribution in [2.75, 3.05) is 12.4 Å². The van der Waals surface area contributed by atoms with E-state index in [1.807, 2.05) is 31.3 Å². The smallest absolute Gasteiger partial charge is 0.274 e. The van der Waals surface area contributed by atoms with Crippen molar-refractivity contribution in [3.05, 3.63) is 59.0 Å². The van der Waals surface area contributed by atoms with Crippen molar-refractivity contribution in [3.8, 4) is 5.75 Å². The Morgan fingerprint density at radius 2 is 2.17 bits per heavy atom. The van der Waals surface area contributed by atoms with Crippen molar-refractivity contribution in [2.24, 2.45) is 0 Å². The van der Waals surface area contributed by atoms with Gasteiger partial charge in [-0.25, -0.2) is 4.98 Å². The van der Waals surface area contributed by atoms with Gasteiger partial charge in [0.1, 0.15) is 17.1 Å². The van der Waals surface area contributed by atoms with E-state index in [9.17, 15) is 4.79 Å². The van der Waals surface area contributed by atoms with Gasteiger partial charge in [0.05, 0.1) is 17.8 Å². The minimum atomic E-state index is -0.221. The number of imidazole rings is 1. The maximum atomic E-state index is 12.7. The normalized spacial score (nSPS) is 10.7. The van der Waals surface area contributed by atoms with Crippen LogP contribution in [0.3, 0.4) is 0 Å². The van der Waals surface area contributed by atoms with Gasteiger partial charge in [-0.1, -0.05) is 24.6 Å². The first-order chi connectivity index (χ1) is 11.1. The summed E-state index contributed by atoms with van der Waals surface area (Å²) in [6.07, 6.45) is 2.51. The highest BCUT2D eigenvalue weighted by molar-refractivity contribution is 6.32. The zero-order valence-electron chi connectivity index (χ0n) is 12.8. The van der Waals surface area contributed by atoms with Crippen LogP contribution in [0.5, 0.6) is 5.75 Å². The van der Waals surface area contributed by atoms with E-state index >= 15 is 0 Å². The number of fused-ring (bicyclic) bond motifs is 1. The van der Waals surface area contributed by atoms with Crippen LogP contribution < -0.4 is 10.1 Å². The van der Waals surface area contributed by atoms with Crippen LogP contribution in [-0.2, 0) is 6.42 Å². The van der Waals surface area contributed by atoms with E-state index in [1.165, 1.54) is 0 Å². The largest absolute Gasteiger partial charge is 0.495 e. The molecule has 2 aromatic heterocycles. The highest BCUT2D eigenvalue weighted by Crippen LogP contribution is 2.27. The number of carbonyl (C=O) groups excluding carboxylic acids is 1. The second kappa shape index (κ2) is 6.30. The van der Waals surface area contributed by atoms with Crippen LogP contribution in [0.4, 0.5) is 5.69 Å². The molecule has 0 unspecified atom stereocenters. The Morgan fingerprint density at radius 3 is 2.87 bits per heavy atom. The summed E-state index contributed by atoms with van der Waals surface area (Å²) in [7, 11) is 1.55. The number of anilines is 1. The Bertz CT molecular complexity index is 873. The molecule has 3 rings (SSSR count). The van der Waals surface area contributed by atoms with Crippen molar-refractivity contribution in [1.82, 2.24) is 9.38 Å². The standard InChI is InChI=1S/C17H16ClN3O2/c1-3-13-16(21-9-5-4-6-15(21)20-13)17(22)19-11-7-8-14(23-2)12(18)10-11/h4-10H,3H2,1-2H3,(H,19,22). The number of nitrogens with one attached hydrogen (secondary N) is 1. The Balaban J connectivity index is 1.96. The molecule has 1 N–H and O–H groups in total. The van der Waals surface area contributed by atoms with Gasteiger partial charge >= 0.3 is 0 Å². The summed E-state index contributed by atoms with van der Waals surface area (Å²) in [6.45, 7) is 1.98. The highest BCUT2D eigenvalue weighted by Gasteiger charge is 2.18. The van der Waals surface area contributed by atoms with E-state index in [1.54, 1.807) is 29.7 Å². The van der Waals surface area contributed by atoms with Crippen LogP contribution in [-0.4, -0.2) is 22.4 Å². The van der Waals surface area contributed by atoms with E-state index in [2.05, 4.69) is 10.3 Å². The lowest BCUT2D eigenvalue weighted by atomic mass is 10.2. The molecule has 0 saturated heterocycles. The van der Waals surface area contributed by atoms with Crippen LogP contribution in [0.25, 0.3) is 5.65 Å². The number of hydrogen-bond acceptors (Lipinski definition) is 3. The summed E-state index contributed by atoms with van der Waals surface area (Å²) in [6, 6.07) is 10.8. The first-order valence-electron chi connectivity index (χ1n) is 7.25. The van der Waals surface area contributed by atoms with Crippen molar-refractivity contribution < 1.29 is 9.53 Å². The zero-order valence-corrected chi connectivity index (χ0v) is 13.6. The van der Waals surface area contributed by atoms with Crippen LogP contribution in [0.1, 0.15) is 23.1 Å². The fourth-order valence-electron chi connectivity index (χ4n) is 2.47. The third kappa shape index (κ3) is 2.87. The fourth-order valence-corrected chi connectivity index (χ4v) is 2.72. The average molecular weight is 330 g/mol. The third-order valence-corrected chi connectivity index (χ3v) is 3.86. The third-order valence-electron chi connectivity index (χ3n) is 3.56. The van der Waals surface area contributed by atoms with Gasteiger partial charge in [0.2, 0.25) is 0 Å². The van der Waals surface area contributed by atoms with Crippen molar-refractivity contribution in [2.45, 2.75) is 13.3 Å². The number of ether oxygens (including phenoxy) is 1. The maximum Gasteiger partial charge on any atom is 0.274 e. The molecule has 118 valence electrons. The molecule has 6 heteroatoms. The quantitative estimate of drug-likeness (QED) is 0.791. The van der Waals surface area contributed by atoms with Gasteiger partial charge < -0.3 is 10.1 Å². The van der Waals surface area contributed by atoms with Crippen molar-refractivity contribution in [3.63, 3.8) is 0 Å². The molecule has 0 radical (unpaired) electrons. The average Bonchev–Trinajstić information content (AvgIpc) is 2.93. The van der Waals surface area contributed by atoms with Gasteiger partial charge in [-0.2, -0.15) is 0 Å². The number of pyridine rings is 1. The number of rotatable bonds is 4. The summed E-state index contributed by atoms with van der Waals surface area (Å²) in [5.74, 6) is 0.343. The monoisotopic (exact) mass is 329 g/mol. The number of aromatic nitrogens is 2. The summed E-state index contributed by atoms with van der Waals surface area (Å²) in [4.78, 5) is 17.2. The van der Waals surface area contributed by atoms with Crippen LogP contribution >= 0.6 is 11.6 Å². The van der Waals surface area contributed by atoms with Gasteiger partial charge in [0.25, 0.3) is 5.91 Å². The highest BCUT2D eigenvalue weighted by atomic mass is 35.5. The first-order valence-corrected chi connectivity index (χ1v) is 7.62. The molecule has 0 aliphatic rings. The van der Waals surface area contributed by atoms with Gasteiger partial charge in [-0.15, -0.1) is 0 Å². The molecule has 0 atom stereocenters. The first kappa shape index (κ1) is 15.4. The molecule has 1 amide bonds. The molecule has 0 bridgehead atoms. The lowest BCUT2D eigenvalue weighted by Gasteiger charge is -2.09. The lowest BCUT2D eigenvalue weighted by molar-refractivity contribution is 0.102. The molecular weight excluding hydrogens is 314 g/mol. The van der Waals surface area contributed by atoms with E-state index in [-0.39, 0.29) is 5.91 Å². The molecule has 0 aliphatic carbocycles. The van der Waals surface area contributed by atoms with Gasteiger partial charge in [0, 0.05) is 11.9 Å². The minimum Gasteiger partial charge on any atom is -0.495 e. The molecule has 0 spiro atoms. The van der Waals surface area contributed by atoms with E-state index in [4.69, 9.17) is 16.3 Å². The van der Waals surface area contributed by atoms with E-state index < -0.39 is 0 Å². The SMILES string of the molecule is CCc1nc2ccccn2c1C(=O)Nc1ccc(OC)c(Cl)c1. The zero-order chi connectivity index (χ0) is 16.4. The molecule has 2 heterocycles. The predicted octanol–water partition coefficient (Wildman–Crippen LogP) is 3.81. The summed E-state index contributed by atoms with van der Waals surface area (Å²) >= 11 is 6.10. The van der Waals surface area contributed by atoms with E-state index in [0.29, 0.717) is 28.6 Å².